The third-order valence-electron chi connectivity index (χ3n) is 2.98. The Morgan fingerprint density at radius 3 is 3.11 bits per heavy atom. The van der Waals surface area contributed by atoms with Gasteiger partial charge in [0.05, 0.1) is 30.9 Å². The summed E-state index contributed by atoms with van der Waals surface area (Å²) >= 11 is 6.00. The van der Waals surface area contributed by atoms with Crippen molar-refractivity contribution in [2.45, 2.75) is 19.4 Å². The molecule has 2 rings (SSSR count). The highest BCUT2D eigenvalue weighted by molar-refractivity contribution is 6.33. The van der Waals surface area contributed by atoms with Crippen molar-refractivity contribution in [3.63, 3.8) is 0 Å². The van der Waals surface area contributed by atoms with E-state index in [4.69, 9.17) is 16.3 Å². The molecule has 1 aromatic heterocycles. The van der Waals surface area contributed by atoms with Crippen LogP contribution in [0.3, 0.4) is 0 Å². The van der Waals surface area contributed by atoms with Crippen LogP contribution in [0.5, 0.6) is 0 Å². The number of hydrogen-bond acceptors (Lipinski definition) is 4. The average molecular weight is 272 g/mol. The van der Waals surface area contributed by atoms with Gasteiger partial charge in [0, 0.05) is 7.11 Å². The Labute approximate surface area is 111 Å². The minimum absolute atomic E-state index is 0.0192. The van der Waals surface area contributed by atoms with E-state index in [2.05, 4.69) is 10.4 Å². The fourth-order valence-corrected chi connectivity index (χ4v) is 2.03. The molecular weight excluding hydrogens is 254 g/mol. The van der Waals surface area contributed by atoms with E-state index in [9.17, 15) is 4.79 Å². The zero-order valence-electron chi connectivity index (χ0n) is 10.5. The van der Waals surface area contributed by atoms with Crippen molar-refractivity contribution in [2.24, 2.45) is 5.92 Å². The third-order valence-corrected chi connectivity index (χ3v) is 3.26. The van der Waals surface area contributed by atoms with Gasteiger partial charge in [-0.1, -0.05) is 11.6 Å². The van der Waals surface area contributed by atoms with E-state index in [1.807, 2.05) is 0 Å². The molecular formula is C12H18ClN3O2. The molecule has 0 bridgehead atoms. The van der Waals surface area contributed by atoms with Gasteiger partial charge >= 0.3 is 0 Å². The topological polar surface area (TPSA) is 56.2 Å². The summed E-state index contributed by atoms with van der Waals surface area (Å²) in [5, 5.41) is 7.66. The fraction of sp³-hybridized carbons (Fsp3) is 0.667. The molecule has 0 unspecified atom stereocenters. The smallest absolute Gasteiger partial charge is 0.196 e. The van der Waals surface area contributed by atoms with E-state index in [0.29, 0.717) is 30.4 Å². The van der Waals surface area contributed by atoms with Gasteiger partial charge in [0.15, 0.2) is 5.78 Å². The molecule has 1 fully saturated rings. The highest BCUT2D eigenvalue weighted by atomic mass is 35.5. The Kier molecular flexibility index (Phi) is 4.74. The number of ether oxygens (including phenoxy) is 1. The standard InChI is InChI=1S/C12H18ClN3O2/c1-18-5-4-16-12(10(13)7-15-16)11(17)8-14-6-9-2-3-9/h7,9,14H,2-6,8H2,1H3. The van der Waals surface area contributed by atoms with Gasteiger partial charge in [-0.15, -0.1) is 0 Å². The molecule has 0 atom stereocenters. The Bertz CT molecular complexity index is 415. The second-order valence-electron chi connectivity index (χ2n) is 4.55. The SMILES string of the molecule is COCCn1ncc(Cl)c1C(=O)CNCC1CC1. The van der Waals surface area contributed by atoms with Crippen molar-refractivity contribution in [1.29, 1.82) is 0 Å². The maximum atomic E-state index is 12.1. The summed E-state index contributed by atoms with van der Waals surface area (Å²) in [6.45, 7) is 2.27. The van der Waals surface area contributed by atoms with E-state index < -0.39 is 0 Å². The van der Waals surface area contributed by atoms with Crippen molar-refractivity contribution in [3.8, 4) is 0 Å². The minimum Gasteiger partial charge on any atom is -0.383 e. The van der Waals surface area contributed by atoms with E-state index in [1.54, 1.807) is 11.8 Å². The molecule has 0 spiro atoms. The van der Waals surface area contributed by atoms with Crippen LogP contribution in [0.15, 0.2) is 6.20 Å². The van der Waals surface area contributed by atoms with Crippen LogP contribution in [0.2, 0.25) is 5.02 Å². The third kappa shape index (κ3) is 3.54. The molecule has 0 aromatic carbocycles. The molecule has 1 heterocycles. The van der Waals surface area contributed by atoms with E-state index in [1.165, 1.54) is 19.0 Å². The van der Waals surface area contributed by atoms with Crippen LogP contribution in [0.4, 0.5) is 0 Å². The Balaban J connectivity index is 1.91. The first kappa shape index (κ1) is 13.5. The minimum atomic E-state index is -0.0192. The molecule has 0 aliphatic heterocycles. The number of carbonyl (C=O) groups is 1. The number of halogens is 1. The van der Waals surface area contributed by atoms with Crippen LogP contribution < -0.4 is 5.32 Å². The normalized spacial score (nSPS) is 15.0. The molecule has 100 valence electrons. The highest BCUT2D eigenvalue weighted by Crippen LogP contribution is 2.27. The number of Topliss-reactive ketones (excluding diaryl/α,β-unsaturated/α-hetero) is 1. The largest absolute Gasteiger partial charge is 0.383 e. The van der Waals surface area contributed by atoms with Gasteiger partial charge in [-0.3, -0.25) is 9.48 Å². The summed E-state index contributed by atoms with van der Waals surface area (Å²) in [6.07, 6.45) is 4.05. The average Bonchev–Trinajstić information content (AvgIpc) is 3.09. The predicted octanol–water partition coefficient (Wildman–Crippen LogP) is 1.37. The summed E-state index contributed by atoms with van der Waals surface area (Å²) in [5.74, 6) is 0.737. The summed E-state index contributed by atoms with van der Waals surface area (Å²) in [7, 11) is 1.61. The van der Waals surface area contributed by atoms with Gasteiger partial charge in [-0.05, 0) is 25.3 Å². The predicted molar refractivity (Wildman–Crippen MR) is 69.0 cm³/mol. The quantitative estimate of drug-likeness (QED) is 0.726. The van der Waals surface area contributed by atoms with Crippen LogP contribution in [0.25, 0.3) is 0 Å². The van der Waals surface area contributed by atoms with Crippen LogP contribution in [0.1, 0.15) is 23.3 Å². The fourth-order valence-electron chi connectivity index (χ4n) is 1.78. The maximum Gasteiger partial charge on any atom is 0.196 e. The lowest BCUT2D eigenvalue weighted by molar-refractivity contribution is 0.0977. The lowest BCUT2D eigenvalue weighted by Gasteiger charge is -2.07. The molecule has 1 aliphatic rings. The summed E-state index contributed by atoms with van der Waals surface area (Å²) in [5.41, 5.74) is 0.469. The highest BCUT2D eigenvalue weighted by Gasteiger charge is 2.22. The van der Waals surface area contributed by atoms with Gasteiger partial charge in [-0.2, -0.15) is 5.10 Å². The van der Waals surface area contributed by atoms with Crippen LogP contribution in [-0.4, -0.2) is 42.4 Å². The number of hydrogen-bond donors (Lipinski definition) is 1. The van der Waals surface area contributed by atoms with Crippen LogP contribution >= 0.6 is 11.6 Å². The van der Waals surface area contributed by atoms with Crippen molar-refractivity contribution in [2.75, 3.05) is 26.8 Å². The number of rotatable bonds is 8. The van der Waals surface area contributed by atoms with E-state index in [-0.39, 0.29) is 5.78 Å². The molecule has 0 amide bonds. The van der Waals surface area contributed by atoms with Gasteiger partial charge in [0.1, 0.15) is 5.69 Å². The molecule has 1 saturated carbocycles. The molecule has 0 saturated heterocycles. The summed E-state index contributed by atoms with van der Waals surface area (Å²) in [6, 6.07) is 0. The number of carbonyl (C=O) groups excluding carboxylic acids is 1. The Morgan fingerprint density at radius 2 is 2.44 bits per heavy atom. The molecule has 5 nitrogen and oxygen atoms in total. The molecule has 6 heteroatoms. The lowest BCUT2D eigenvalue weighted by Crippen LogP contribution is -2.27. The first-order valence-electron chi connectivity index (χ1n) is 6.16. The molecule has 0 radical (unpaired) electrons. The number of aromatic nitrogens is 2. The van der Waals surface area contributed by atoms with Crippen molar-refractivity contribution in [1.82, 2.24) is 15.1 Å². The number of methoxy groups -OCH3 is 1. The molecule has 1 aromatic rings. The summed E-state index contributed by atoms with van der Waals surface area (Å²) < 4.78 is 6.58. The zero-order valence-corrected chi connectivity index (χ0v) is 11.2. The van der Waals surface area contributed by atoms with E-state index >= 15 is 0 Å². The van der Waals surface area contributed by atoms with Gasteiger partial charge in [-0.25, -0.2) is 0 Å². The molecule has 1 aliphatic carbocycles. The van der Waals surface area contributed by atoms with Gasteiger partial charge in [0.25, 0.3) is 0 Å². The second-order valence-corrected chi connectivity index (χ2v) is 4.96. The lowest BCUT2D eigenvalue weighted by atomic mass is 10.2. The summed E-state index contributed by atoms with van der Waals surface area (Å²) in [4.78, 5) is 12.1. The Hall–Kier alpha value is -0.910. The first-order valence-corrected chi connectivity index (χ1v) is 6.54. The van der Waals surface area contributed by atoms with Crippen LogP contribution in [0, 0.1) is 5.92 Å². The number of nitrogens with zero attached hydrogens (tertiary/aromatic N) is 2. The maximum absolute atomic E-state index is 12.1. The number of ketones is 1. The molecule has 1 N–H and O–H groups in total. The van der Waals surface area contributed by atoms with E-state index in [0.717, 1.165) is 12.5 Å². The van der Waals surface area contributed by atoms with Crippen molar-refractivity contribution < 1.29 is 9.53 Å². The monoisotopic (exact) mass is 271 g/mol. The van der Waals surface area contributed by atoms with Crippen molar-refractivity contribution >= 4 is 17.4 Å². The Morgan fingerprint density at radius 1 is 1.67 bits per heavy atom. The van der Waals surface area contributed by atoms with Crippen LogP contribution in [-0.2, 0) is 11.3 Å². The second kappa shape index (κ2) is 6.31. The zero-order chi connectivity index (χ0) is 13.0. The van der Waals surface area contributed by atoms with Crippen molar-refractivity contribution in [3.05, 3.63) is 16.9 Å². The molecule has 18 heavy (non-hydrogen) atoms. The number of nitrogens with one attached hydrogen (secondary N) is 1. The van der Waals surface area contributed by atoms with Gasteiger partial charge in [0.2, 0.25) is 0 Å². The van der Waals surface area contributed by atoms with Gasteiger partial charge < -0.3 is 10.1 Å². The first-order chi connectivity index (χ1) is 8.72.